The molecular weight excluding hydrogens is 300 g/mol. The van der Waals surface area contributed by atoms with E-state index in [-0.39, 0.29) is 5.56 Å². The lowest BCUT2D eigenvalue weighted by Crippen LogP contribution is -2.35. The predicted molar refractivity (Wildman–Crippen MR) is 83.9 cm³/mol. The molecule has 5 nitrogen and oxygen atoms in total. The molecule has 0 spiro atoms. The number of aromatic nitrogens is 3. The Morgan fingerprint density at radius 1 is 1.36 bits per heavy atom. The monoisotopic (exact) mass is 316 g/mol. The van der Waals surface area contributed by atoms with E-state index in [0.717, 1.165) is 55.0 Å². The van der Waals surface area contributed by atoms with E-state index < -0.39 is 0 Å². The van der Waals surface area contributed by atoms with Crippen molar-refractivity contribution in [2.75, 3.05) is 6.54 Å². The summed E-state index contributed by atoms with van der Waals surface area (Å²) in [6.45, 7) is 2.28. The van der Waals surface area contributed by atoms with Crippen LogP contribution in [0.15, 0.2) is 23.3 Å². The zero-order valence-corrected chi connectivity index (χ0v) is 12.9. The molecule has 0 radical (unpaired) electrons. The molecule has 22 heavy (non-hydrogen) atoms. The highest BCUT2D eigenvalue weighted by Gasteiger charge is 2.29. The summed E-state index contributed by atoms with van der Waals surface area (Å²) in [6, 6.07) is 1.92. The molecule has 4 rings (SSSR count). The van der Waals surface area contributed by atoms with Gasteiger partial charge in [-0.15, -0.1) is 0 Å². The molecule has 114 valence electrons. The van der Waals surface area contributed by atoms with E-state index in [9.17, 15) is 4.79 Å². The van der Waals surface area contributed by atoms with Gasteiger partial charge in [0, 0.05) is 44.4 Å². The molecule has 3 heterocycles. The number of halogens is 1. The van der Waals surface area contributed by atoms with Crippen molar-refractivity contribution in [2.45, 2.75) is 38.3 Å². The third-order valence-electron chi connectivity index (χ3n) is 4.30. The molecule has 6 heteroatoms. The molecule has 1 fully saturated rings. The molecule has 0 unspecified atom stereocenters. The van der Waals surface area contributed by atoms with Gasteiger partial charge in [0.25, 0.3) is 5.56 Å². The minimum Gasteiger partial charge on any atom is -0.310 e. The number of nitrogens with one attached hydrogen (secondary N) is 1. The van der Waals surface area contributed by atoms with Gasteiger partial charge >= 0.3 is 0 Å². The lowest BCUT2D eigenvalue weighted by Gasteiger charge is -2.27. The van der Waals surface area contributed by atoms with Crippen LogP contribution in [0.2, 0.25) is 5.02 Å². The van der Waals surface area contributed by atoms with Gasteiger partial charge in [0.15, 0.2) is 0 Å². The number of rotatable bonds is 3. The molecule has 0 atom stereocenters. The van der Waals surface area contributed by atoms with Crippen molar-refractivity contribution in [3.05, 3.63) is 56.5 Å². The first-order chi connectivity index (χ1) is 10.7. The second-order valence-electron chi connectivity index (χ2n) is 6.12. The fraction of sp³-hybridized carbons (Fsp3) is 0.438. The third-order valence-corrected chi connectivity index (χ3v) is 4.50. The van der Waals surface area contributed by atoms with Gasteiger partial charge in [-0.05, 0) is 24.5 Å². The van der Waals surface area contributed by atoms with Gasteiger partial charge in [0.1, 0.15) is 5.82 Å². The van der Waals surface area contributed by atoms with Crippen molar-refractivity contribution in [1.82, 2.24) is 19.9 Å². The summed E-state index contributed by atoms with van der Waals surface area (Å²) in [6.07, 6.45) is 6.57. The van der Waals surface area contributed by atoms with Crippen LogP contribution in [-0.2, 0) is 19.5 Å². The van der Waals surface area contributed by atoms with Gasteiger partial charge in [-0.3, -0.25) is 14.7 Å². The molecule has 1 aliphatic carbocycles. The molecule has 0 amide bonds. The number of H-pyrrole nitrogens is 1. The number of aromatic amines is 1. The maximum absolute atomic E-state index is 12.3. The highest BCUT2D eigenvalue weighted by molar-refractivity contribution is 6.30. The minimum atomic E-state index is 0.0285. The summed E-state index contributed by atoms with van der Waals surface area (Å²) in [5.74, 6) is 1.37. The Labute approximate surface area is 133 Å². The number of pyridine rings is 1. The summed E-state index contributed by atoms with van der Waals surface area (Å²) in [4.78, 5) is 26.3. The zero-order chi connectivity index (χ0) is 15.1. The van der Waals surface area contributed by atoms with Crippen molar-refractivity contribution in [1.29, 1.82) is 0 Å². The van der Waals surface area contributed by atoms with Gasteiger partial charge in [-0.1, -0.05) is 11.6 Å². The fourth-order valence-corrected chi connectivity index (χ4v) is 3.18. The molecule has 1 N–H and O–H groups in total. The van der Waals surface area contributed by atoms with E-state index in [1.54, 1.807) is 6.20 Å². The molecule has 2 aromatic heterocycles. The molecule has 2 aliphatic rings. The minimum absolute atomic E-state index is 0.0285. The smallest absolute Gasteiger partial charge is 0.255 e. The van der Waals surface area contributed by atoms with E-state index >= 15 is 0 Å². The Bertz CT molecular complexity index is 769. The summed E-state index contributed by atoms with van der Waals surface area (Å²) < 4.78 is 0. The fourth-order valence-electron chi connectivity index (χ4n) is 2.99. The number of hydrogen-bond donors (Lipinski definition) is 1. The normalized spacial score (nSPS) is 18.2. The van der Waals surface area contributed by atoms with Gasteiger partial charge in [-0.25, -0.2) is 4.98 Å². The van der Waals surface area contributed by atoms with Crippen molar-refractivity contribution >= 4 is 11.6 Å². The highest BCUT2D eigenvalue weighted by atomic mass is 35.5. The molecule has 1 saturated carbocycles. The standard InChI is InChI=1S/C16H17ClN4O/c17-12-5-10(6-18-7-12)8-21-4-3-14-13(9-21)16(22)20-15(19-14)11-1-2-11/h5-7,11H,1-4,8-9H2,(H,19,20,22). The van der Waals surface area contributed by atoms with Gasteiger partial charge in [-0.2, -0.15) is 0 Å². The summed E-state index contributed by atoms with van der Waals surface area (Å²) in [5, 5.41) is 0.642. The largest absolute Gasteiger partial charge is 0.310 e. The Morgan fingerprint density at radius 3 is 3.00 bits per heavy atom. The van der Waals surface area contributed by atoms with Gasteiger partial charge in [0.2, 0.25) is 0 Å². The number of fused-ring (bicyclic) bond motifs is 1. The second-order valence-corrected chi connectivity index (χ2v) is 6.56. The molecular formula is C16H17ClN4O. The summed E-state index contributed by atoms with van der Waals surface area (Å²) >= 11 is 5.98. The molecule has 0 aromatic carbocycles. The van der Waals surface area contributed by atoms with Crippen LogP contribution in [0.25, 0.3) is 0 Å². The van der Waals surface area contributed by atoms with Gasteiger partial charge < -0.3 is 4.98 Å². The first-order valence-corrected chi connectivity index (χ1v) is 8.00. The Balaban J connectivity index is 1.55. The van der Waals surface area contributed by atoms with E-state index in [2.05, 4.69) is 19.9 Å². The van der Waals surface area contributed by atoms with E-state index in [1.165, 1.54) is 0 Å². The number of hydrogen-bond acceptors (Lipinski definition) is 4. The summed E-state index contributed by atoms with van der Waals surface area (Å²) in [5.41, 5.74) is 2.88. The Kier molecular flexibility index (Phi) is 3.47. The van der Waals surface area contributed by atoms with Crippen molar-refractivity contribution in [2.24, 2.45) is 0 Å². The van der Waals surface area contributed by atoms with E-state index in [1.807, 2.05) is 12.3 Å². The average Bonchev–Trinajstić information content (AvgIpc) is 3.32. The predicted octanol–water partition coefficient (Wildman–Crippen LogP) is 2.25. The van der Waals surface area contributed by atoms with Crippen molar-refractivity contribution in [3.8, 4) is 0 Å². The maximum Gasteiger partial charge on any atom is 0.255 e. The molecule has 1 aliphatic heterocycles. The van der Waals surface area contributed by atoms with Crippen LogP contribution in [0.5, 0.6) is 0 Å². The van der Waals surface area contributed by atoms with Crippen LogP contribution >= 0.6 is 11.6 Å². The first kappa shape index (κ1) is 13.9. The highest BCUT2D eigenvalue weighted by Crippen LogP contribution is 2.37. The van der Waals surface area contributed by atoms with Crippen LogP contribution in [0.3, 0.4) is 0 Å². The van der Waals surface area contributed by atoms with E-state index in [0.29, 0.717) is 17.5 Å². The zero-order valence-electron chi connectivity index (χ0n) is 12.2. The van der Waals surface area contributed by atoms with Crippen LogP contribution in [0, 0.1) is 0 Å². The average molecular weight is 317 g/mol. The topological polar surface area (TPSA) is 61.9 Å². The first-order valence-electron chi connectivity index (χ1n) is 7.63. The SMILES string of the molecule is O=c1[nH]c(C2CC2)nc2c1CN(Cc1cncc(Cl)c1)CC2. The summed E-state index contributed by atoms with van der Waals surface area (Å²) in [7, 11) is 0. The maximum atomic E-state index is 12.3. The molecule has 2 aromatic rings. The Hall–Kier alpha value is -1.72. The van der Waals surface area contributed by atoms with Crippen molar-refractivity contribution in [3.63, 3.8) is 0 Å². The van der Waals surface area contributed by atoms with Crippen LogP contribution < -0.4 is 5.56 Å². The third kappa shape index (κ3) is 2.78. The number of nitrogens with zero attached hydrogens (tertiary/aromatic N) is 3. The lowest BCUT2D eigenvalue weighted by molar-refractivity contribution is 0.241. The molecule has 0 bridgehead atoms. The van der Waals surface area contributed by atoms with Gasteiger partial charge in [0.05, 0.1) is 16.3 Å². The second kappa shape index (κ2) is 5.48. The Morgan fingerprint density at radius 2 is 2.23 bits per heavy atom. The van der Waals surface area contributed by atoms with E-state index in [4.69, 9.17) is 11.6 Å². The lowest BCUT2D eigenvalue weighted by atomic mass is 10.1. The molecule has 0 saturated heterocycles. The van der Waals surface area contributed by atoms with Crippen LogP contribution in [-0.4, -0.2) is 26.4 Å². The quantitative estimate of drug-likeness (QED) is 0.943. The van der Waals surface area contributed by atoms with Crippen molar-refractivity contribution < 1.29 is 0 Å². The van der Waals surface area contributed by atoms with Crippen LogP contribution in [0.4, 0.5) is 0 Å². The van der Waals surface area contributed by atoms with Crippen LogP contribution in [0.1, 0.15) is 41.4 Å².